The van der Waals surface area contributed by atoms with Gasteiger partial charge in [0.15, 0.2) is 11.6 Å². The van der Waals surface area contributed by atoms with Crippen molar-refractivity contribution in [3.8, 4) is 0 Å². The zero-order chi connectivity index (χ0) is 22.4. The maximum atomic E-state index is 13.4. The minimum atomic E-state index is -3.97. The molecule has 1 aliphatic rings. The van der Waals surface area contributed by atoms with Crippen molar-refractivity contribution in [2.75, 3.05) is 18.4 Å². The van der Waals surface area contributed by atoms with E-state index in [0.717, 1.165) is 42.1 Å². The van der Waals surface area contributed by atoms with Gasteiger partial charge in [-0.25, -0.2) is 17.2 Å². The molecule has 1 amide bonds. The Kier molecular flexibility index (Phi) is 7.80. The molecule has 0 aromatic heterocycles. The molecule has 0 saturated carbocycles. The largest absolute Gasteiger partial charge is 0.325 e. The molecule has 0 heterocycles. The van der Waals surface area contributed by atoms with Crippen molar-refractivity contribution in [1.29, 1.82) is 0 Å². The number of carbonyl (C=O) groups is 1. The maximum absolute atomic E-state index is 13.4. The first kappa shape index (κ1) is 23.4. The number of nitrogens with zero attached hydrogens (tertiary/aromatic N) is 1. The number of hydrogen-bond acceptors (Lipinski definition) is 3. The third kappa shape index (κ3) is 6.35. The lowest BCUT2D eigenvalue weighted by Crippen LogP contribution is -2.38. The number of nitrogens with one attached hydrogen (secondary N) is 1. The predicted molar refractivity (Wildman–Crippen MR) is 116 cm³/mol. The SMILES string of the molecule is O=C(CN(CCC1=CCCCC1)S(=O)(=O)c1ccc(Cl)cc1)Nc1ccc(F)c(F)c1. The van der Waals surface area contributed by atoms with Gasteiger partial charge in [-0.05, 0) is 68.5 Å². The third-order valence-corrected chi connectivity index (χ3v) is 7.15. The number of allylic oxidation sites excluding steroid dienone is 1. The van der Waals surface area contributed by atoms with E-state index in [1.54, 1.807) is 0 Å². The Morgan fingerprint density at radius 1 is 1.06 bits per heavy atom. The molecule has 0 unspecified atom stereocenters. The first-order chi connectivity index (χ1) is 14.8. The second-order valence-electron chi connectivity index (χ2n) is 7.33. The topological polar surface area (TPSA) is 66.5 Å². The van der Waals surface area contributed by atoms with E-state index < -0.39 is 34.1 Å². The van der Waals surface area contributed by atoms with Crippen molar-refractivity contribution >= 4 is 33.2 Å². The fourth-order valence-corrected chi connectivity index (χ4v) is 4.90. The van der Waals surface area contributed by atoms with Gasteiger partial charge in [0.05, 0.1) is 11.4 Å². The fraction of sp³-hybridized carbons (Fsp3) is 0.318. The highest BCUT2D eigenvalue weighted by molar-refractivity contribution is 7.89. The summed E-state index contributed by atoms with van der Waals surface area (Å²) in [5, 5.41) is 2.82. The van der Waals surface area contributed by atoms with Gasteiger partial charge in [0.1, 0.15) is 0 Å². The monoisotopic (exact) mass is 468 g/mol. The second kappa shape index (κ2) is 10.3. The highest BCUT2D eigenvalue weighted by Gasteiger charge is 2.27. The highest BCUT2D eigenvalue weighted by Crippen LogP contribution is 2.23. The Hall–Kier alpha value is -2.29. The van der Waals surface area contributed by atoms with Gasteiger partial charge in [-0.15, -0.1) is 0 Å². The normalized spacial score (nSPS) is 14.4. The molecule has 9 heteroatoms. The molecule has 0 saturated heterocycles. The van der Waals surface area contributed by atoms with Crippen LogP contribution in [0.25, 0.3) is 0 Å². The number of amides is 1. The molecule has 2 aromatic carbocycles. The van der Waals surface area contributed by atoms with Gasteiger partial charge in [0, 0.05) is 23.3 Å². The van der Waals surface area contributed by atoms with Gasteiger partial charge in [0.25, 0.3) is 0 Å². The van der Waals surface area contributed by atoms with Crippen LogP contribution >= 0.6 is 11.6 Å². The summed E-state index contributed by atoms with van der Waals surface area (Å²) in [6.07, 6.45) is 6.70. The van der Waals surface area contributed by atoms with E-state index in [1.807, 2.05) is 0 Å². The molecule has 0 fully saturated rings. The van der Waals surface area contributed by atoms with E-state index >= 15 is 0 Å². The first-order valence-electron chi connectivity index (χ1n) is 9.94. The Balaban J connectivity index is 1.78. The maximum Gasteiger partial charge on any atom is 0.243 e. The molecule has 31 heavy (non-hydrogen) atoms. The Morgan fingerprint density at radius 2 is 1.81 bits per heavy atom. The zero-order valence-corrected chi connectivity index (χ0v) is 18.4. The number of halogens is 3. The molecule has 2 aromatic rings. The van der Waals surface area contributed by atoms with Crippen molar-refractivity contribution in [1.82, 2.24) is 4.31 Å². The molecule has 1 aliphatic carbocycles. The van der Waals surface area contributed by atoms with E-state index in [0.29, 0.717) is 11.4 Å². The standard InChI is InChI=1S/C22H23ClF2N2O3S/c23-17-6-9-19(10-7-17)31(29,30)27(13-12-16-4-2-1-3-5-16)15-22(28)26-18-8-11-20(24)21(25)14-18/h4,6-11,14H,1-3,5,12-13,15H2,(H,26,28). The summed E-state index contributed by atoms with van der Waals surface area (Å²) < 4.78 is 54.0. The van der Waals surface area contributed by atoms with Crippen LogP contribution in [0.15, 0.2) is 59.0 Å². The summed E-state index contributed by atoms with van der Waals surface area (Å²) in [7, 11) is -3.97. The highest BCUT2D eigenvalue weighted by atomic mass is 35.5. The lowest BCUT2D eigenvalue weighted by Gasteiger charge is -2.23. The Bertz CT molecular complexity index is 1070. The van der Waals surface area contributed by atoms with E-state index in [4.69, 9.17) is 11.6 Å². The van der Waals surface area contributed by atoms with E-state index in [-0.39, 0.29) is 17.1 Å². The number of anilines is 1. The lowest BCUT2D eigenvalue weighted by atomic mass is 9.97. The number of sulfonamides is 1. The third-order valence-electron chi connectivity index (χ3n) is 5.04. The number of hydrogen-bond donors (Lipinski definition) is 1. The summed E-state index contributed by atoms with van der Waals surface area (Å²) in [6.45, 7) is -0.334. The molecule has 3 rings (SSSR count). The van der Waals surface area contributed by atoms with Crippen LogP contribution < -0.4 is 5.32 Å². The molecule has 0 spiro atoms. The van der Waals surface area contributed by atoms with Gasteiger partial charge in [-0.1, -0.05) is 23.3 Å². The van der Waals surface area contributed by atoms with Gasteiger partial charge in [0.2, 0.25) is 15.9 Å². The molecule has 0 atom stereocenters. The minimum Gasteiger partial charge on any atom is -0.325 e. The molecular formula is C22H23ClF2N2O3S. The van der Waals surface area contributed by atoms with Gasteiger partial charge in [-0.3, -0.25) is 4.79 Å². The minimum absolute atomic E-state index is 0.0233. The summed E-state index contributed by atoms with van der Waals surface area (Å²) >= 11 is 5.87. The molecule has 5 nitrogen and oxygen atoms in total. The van der Waals surface area contributed by atoms with Crippen LogP contribution in [-0.2, 0) is 14.8 Å². The molecule has 0 bridgehead atoms. The second-order valence-corrected chi connectivity index (χ2v) is 9.70. The van der Waals surface area contributed by atoms with E-state index in [9.17, 15) is 22.0 Å². The Morgan fingerprint density at radius 3 is 2.45 bits per heavy atom. The zero-order valence-electron chi connectivity index (χ0n) is 16.8. The van der Waals surface area contributed by atoms with E-state index in [2.05, 4.69) is 11.4 Å². The summed E-state index contributed by atoms with van der Waals surface area (Å²) in [5.74, 6) is -2.79. The van der Waals surface area contributed by atoms with Crippen molar-refractivity contribution < 1.29 is 22.0 Å². The van der Waals surface area contributed by atoms with Crippen molar-refractivity contribution in [2.24, 2.45) is 0 Å². The fourth-order valence-electron chi connectivity index (χ4n) is 3.37. The lowest BCUT2D eigenvalue weighted by molar-refractivity contribution is -0.116. The first-order valence-corrected chi connectivity index (χ1v) is 11.8. The van der Waals surface area contributed by atoms with Crippen LogP contribution in [0.2, 0.25) is 5.02 Å². The van der Waals surface area contributed by atoms with Crippen molar-refractivity contribution in [3.63, 3.8) is 0 Å². The van der Waals surface area contributed by atoms with Crippen LogP contribution in [0.4, 0.5) is 14.5 Å². The van der Waals surface area contributed by atoms with Crippen LogP contribution in [0.3, 0.4) is 0 Å². The van der Waals surface area contributed by atoms with Gasteiger partial charge >= 0.3 is 0 Å². The number of rotatable bonds is 8. The van der Waals surface area contributed by atoms with Crippen LogP contribution in [0.1, 0.15) is 32.1 Å². The van der Waals surface area contributed by atoms with Gasteiger partial charge in [-0.2, -0.15) is 4.31 Å². The molecule has 1 N–H and O–H groups in total. The number of benzene rings is 2. The number of carbonyl (C=O) groups excluding carboxylic acids is 1. The van der Waals surface area contributed by atoms with Crippen LogP contribution in [-0.4, -0.2) is 31.7 Å². The van der Waals surface area contributed by atoms with Crippen LogP contribution in [0, 0.1) is 11.6 Å². The average Bonchev–Trinajstić information content (AvgIpc) is 2.74. The molecule has 0 radical (unpaired) electrons. The Labute approximate surface area is 185 Å². The predicted octanol–water partition coefficient (Wildman–Crippen LogP) is 5.14. The van der Waals surface area contributed by atoms with Crippen molar-refractivity contribution in [3.05, 3.63) is 70.8 Å². The van der Waals surface area contributed by atoms with Crippen LogP contribution in [0.5, 0.6) is 0 Å². The van der Waals surface area contributed by atoms with Gasteiger partial charge < -0.3 is 5.32 Å². The summed E-state index contributed by atoms with van der Waals surface area (Å²) in [5.41, 5.74) is 1.21. The molecule has 166 valence electrons. The summed E-state index contributed by atoms with van der Waals surface area (Å²) in [6, 6.07) is 8.66. The van der Waals surface area contributed by atoms with E-state index in [1.165, 1.54) is 35.9 Å². The quantitative estimate of drug-likeness (QED) is 0.545. The molecule has 0 aliphatic heterocycles. The summed E-state index contributed by atoms with van der Waals surface area (Å²) in [4.78, 5) is 12.6. The smallest absolute Gasteiger partial charge is 0.243 e. The molecular weight excluding hydrogens is 446 g/mol. The van der Waals surface area contributed by atoms with Crippen molar-refractivity contribution in [2.45, 2.75) is 37.0 Å². The average molecular weight is 469 g/mol.